The molecular weight excluding hydrogens is 280 g/mol. The van der Waals surface area contributed by atoms with Crippen LogP contribution in [0.15, 0.2) is 36.4 Å². The summed E-state index contributed by atoms with van der Waals surface area (Å²) in [5, 5.41) is 4.36. The molecule has 0 bridgehead atoms. The highest BCUT2D eigenvalue weighted by atomic mass is 16.6. The summed E-state index contributed by atoms with van der Waals surface area (Å²) in [5.74, 6) is 0.372. The number of hydrogen-bond donors (Lipinski definition) is 0. The van der Waals surface area contributed by atoms with E-state index in [1.807, 2.05) is 30.3 Å². The Morgan fingerprint density at radius 3 is 2.45 bits per heavy atom. The maximum atomic E-state index is 12.1. The van der Waals surface area contributed by atoms with Crippen LogP contribution in [0.3, 0.4) is 0 Å². The number of para-hydroxylation sites is 1. The van der Waals surface area contributed by atoms with Crippen LogP contribution in [0.2, 0.25) is 0 Å². The lowest BCUT2D eigenvalue weighted by Gasteiger charge is -2.13. The van der Waals surface area contributed by atoms with E-state index in [1.54, 1.807) is 17.8 Å². The summed E-state index contributed by atoms with van der Waals surface area (Å²) in [6.07, 6.45) is 0. The van der Waals surface area contributed by atoms with Crippen molar-refractivity contribution in [1.82, 2.24) is 9.78 Å². The molecule has 0 aliphatic heterocycles. The van der Waals surface area contributed by atoms with Crippen molar-refractivity contribution in [2.75, 3.05) is 13.2 Å². The average molecular weight is 302 g/mol. The SMILES string of the molecule is Cn1nc(C(C)(C)C)cc1C(=O)OCCOc1ccccc1. The number of carbonyl (C=O) groups is 1. The highest BCUT2D eigenvalue weighted by Gasteiger charge is 2.22. The van der Waals surface area contributed by atoms with Gasteiger partial charge in [0.1, 0.15) is 24.7 Å². The van der Waals surface area contributed by atoms with Crippen molar-refractivity contribution in [1.29, 1.82) is 0 Å². The van der Waals surface area contributed by atoms with E-state index in [2.05, 4.69) is 25.9 Å². The molecule has 1 heterocycles. The average Bonchev–Trinajstić information content (AvgIpc) is 2.87. The van der Waals surface area contributed by atoms with Crippen molar-refractivity contribution < 1.29 is 14.3 Å². The van der Waals surface area contributed by atoms with Gasteiger partial charge < -0.3 is 9.47 Å². The minimum Gasteiger partial charge on any atom is -0.490 e. The van der Waals surface area contributed by atoms with Gasteiger partial charge >= 0.3 is 5.97 Å². The molecule has 0 saturated heterocycles. The Balaban J connectivity index is 1.86. The van der Waals surface area contributed by atoms with Crippen LogP contribution < -0.4 is 4.74 Å². The van der Waals surface area contributed by atoms with Crippen molar-refractivity contribution in [3.63, 3.8) is 0 Å². The second-order valence-electron chi connectivity index (χ2n) is 6.09. The number of nitrogens with zero attached hydrogens (tertiary/aromatic N) is 2. The van der Waals surface area contributed by atoms with Gasteiger partial charge in [0.15, 0.2) is 0 Å². The number of hydrogen-bond acceptors (Lipinski definition) is 4. The zero-order valence-corrected chi connectivity index (χ0v) is 13.5. The molecule has 1 aromatic carbocycles. The van der Waals surface area contributed by atoms with Crippen LogP contribution in [-0.2, 0) is 17.2 Å². The third-order valence-corrected chi connectivity index (χ3v) is 3.19. The fourth-order valence-corrected chi connectivity index (χ4v) is 1.91. The molecule has 118 valence electrons. The summed E-state index contributed by atoms with van der Waals surface area (Å²) < 4.78 is 12.3. The normalized spacial score (nSPS) is 11.3. The summed E-state index contributed by atoms with van der Waals surface area (Å²) in [4.78, 5) is 12.1. The second kappa shape index (κ2) is 6.64. The molecule has 0 atom stereocenters. The van der Waals surface area contributed by atoms with Crippen molar-refractivity contribution in [3.05, 3.63) is 47.8 Å². The van der Waals surface area contributed by atoms with Crippen molar-refractivity contribution in [3.8, 4) is 5.75 Å². The zero-order chi connectivity index (χ0) is 16.2. The standard InChI is InChI=1S/C17H22N2O3/c1-17(2,3)15-12-14(19(4)18-15)16(20)22-11-10-21-13-8-6-5-7-9-13/h5-9,12H,10-11H2,1-4H3. The Hall–Kier alpha value is -2.30. The molecule has 0 radical (unpaired) electrons. The van der Waals surface area contributed by atoms with Gasteiger partial charge in [-0.15, -0.1) is 0 Å². The van der Waals surface area contributed by atoms with Crippen LogP contribution >= 0.6 is 0 Å². The lowest BCUT2D eigenvalue weighted by molar-refractivity contribution is 0.0438. The van der Waals surface area contributed by atoms with Gasteiger partial charge in [0.25, 0.3) is 0 Å². The smallest absolute Gasteiger partial charge is 0.356 e. The number of ether oxygens (including phenoxy) is 2. The first kappa shape index (κ1) is 16.1. The van der Waals surface area contributed by atoms with Crippen molar-refractivity contribution >= 4 is 5.97 Å². The quantitative estimate of drug-likeness (QED) is 0.629. The summed E-state index contributed by atoms with van der Waals surface area (Å²) in [6, 6.07) is 11.2. The molecule has 2 aromatic rings. The lowest BCUT2D eigenvalue weighted by Crippen LogP contribution is -2.15. The van der Waals surface area contributed by atoms with Crippen molar-refractivity contribution in [2.24, 2.45) is 7.05 Å². The molecule has 0 unspecified atom stereocenters. The summed E-state index contributed by atoms with van der Waals surface area (Å²) in [5.41, 5.74) is 1.21. The fourth-order valence-electron chi connectivity index (χ4n) is 1.91. The Morgan fingerprint density at radius 2 is 1.86 bits per heavy atom. The Kier molecular flexibility index (Phi) is 4.85. The highest BCUT2D eigenvalue weighted by molar-refractivity contribution is 5.87. The van der Waals surface area contributed by atoms with Gasteiger partial charge in [-0.3, -0.25) is 4.68 Å². The molecule has 5 nitrogen and oxygen atoms in total. The van der Waals surface area contributed by atoms with Crippen LogP contribution in [0.1, 0.15) is 37.0 Å². The van der Waals surface area contributed by atoms with Crippen LogP contribution in [0.5, 0.6) is 5.75 Å². The summed E-state index contributed by atoms with van der Waals surface area (Å²) in [6.45, 7) is 6.68. The Bertz CT molecular complexity index is 627. The molecule has 0 fully saturated rings. The van der Waals surface area contributed by atoms with Gasteiger partial charge in [0, 0.05) is 12.5 Å². The topological polar surface area (TPSA) is 53.4 Å². The molecule has 0 amide bonds. The van der Waals surface area contributed by atoms with Gasteiger partial charge in [0.2, 0.25) is 0 Å². The molecule has 0 spiro atoms. The molecule has 0 aliphatic carbocycles. The van der Waals surface area contributed by atoms with E-state index in [9.17, 15) is 4.79 Å². The van der Waals surface area contributed by atoms with E-state index >= 15 is 0 Å². The zero-order valence-electron chi connectivity index (χ0n) is 13.5. The second-order valence-corrected chi connectivity index (χ2v) is 6.09. The fraction of sp³-hybridized carbons (Fsp3) is 0.412. The van der Waals surface area contributed by atoms with E-state index in [0.29, 0.717) is 12.3 Å². The molecule has 2 rings (SSSR count). The number of aromatic nitrogens is 2. The molecule has 0 N–H and O–H groups in total. The van der Waals surface area contributed by atoms with E-state index < -0.39 is 0 Å². The van der Waals surface area contributed by atoms with Gasteiger partial charge in [0.05, 0.1) is 5.69 Å². The van der Waals surface area contributed by atoms with E-state index in [0.717, 1.165) is 11.4 Å². The minimum atomic E-state index is -0.387. The number of aryl methyl sites for hydroxylation is 1. The minimum absolute atomic E-state index is 0.104. The monoisotopic (exact) mass is 302 g/mol. The summed E-state index contributed by atoms with van der Waals surface area (Å²) in [7, 11) is 1.74. The number of carbonyl (C=O) groups excluding carboxylic acids is 1. The Labute approximate surface area is 130 Å². The largest absolute Gasteiger partial charge is 0.490 e. The summed E-state index contributed by atoms with van der Waals surface area (Å²) >= 11 is 0. The molecule has 5 heteroatoms. The lowest BCUT2D eigenvalue weighted by atomic mass is 9.92. The van der Waals surface area contributed by atoms with Crippen LogP contribution in [-0.4, -0.2) is 29.0 Å². The Morgan fingerprint density at radius 1 is 1.18 bits per heavy atom. The van der Waals surface area contributed by atoms with E-state index in [1.165, 1.54) is 0 Å². The van der Waals surface area contributed by atoms with E-state index in [-0.39, 0.29) is 18.0 Å². The first-order chi connectivity index (χ1) is 10.4. The first-order valence-corrected chi connectivity index (χ1v) is 7.27. The molecule has 1 aromatic heterocycles. The first-order valence-electron chi connectivity index (χ1n) is 7.27. The van der Waals surface area contributed by atoms with Crippen molar-refractivity contribution in [2.45, 2.75) is 26.2 Å². The van der Waals surface area contributed by atoms with Gasteiger partial charge in [-0.1, -0.05) is 39.0 Å². The molecule has 22 heavy (non-hydrogen) atoms. The third kappa shape index (κ3) is 4.10. The number of rotatable bonds is 5. The van der Waals surface area contributed by atoms with Gasteiger partial charge in [-0.2, -0.15) is 5.10 Å². The maximum absolute atomic E-state index is 12.1. The molecule has 0 aliphatic rings. The van der Waals surface area contributed by atoms with Crippen LogP contribution in [0.4, 0.5) is 0 Å². The van der Waals surface area contributed by atoms with Crippen LogP contribution in [0, 0.1) is 0 Å². The molecule has 0 saturated carbocycles. The third-order valence-electron chi connectivity index (χ3n) is 3.19. The van der Waals surface area contributed by atoms with Gasteiger partial charge in [-0.05, 0) is 18.2 Å². The number of esters is 1. The van der Waals surface area contributed by atoms with E-state index in [4.69, 9.17) is 9.47 Å². The maximum Gasteiger partial charge on any atom is 0.356 e. The number of benzene rings is 1. The van der Waals surface area contributed by atoms with Crippen LogP contribution in [0.25, 0.3) is 0 Å². The predicted molar refractivity (Wildman–Crippen MR) is 84.1 cm³/mol. The highest BCUT2D eigenvalue weighted by Crippen LogP contribution is 2.21. The predicted octanol–water partition coefficient (Wildman–Crippen LogP) is 2.95. The molecular formula is C17H22N2O3. The van der Waals surface area contributed by atoms with Gasteiger partial charge in [-0.25, -0.2) is 4.79 Å².